The molecule has 0 amide bonds. The molecule has 0 aliphatic heterocycles. The topological polar surface area (TPSA) is 66.8 Å². The molecule has 1 rings (SSSR count). The lowest BCUT2D eigenvalue weighted by molar-refractivity contribution is -0.132. The first-order valence-electron chi connectivity index (χ1n) is 4.82. The molecule has 0 spiro atoms. The molecular formula is C12H14O4. The number of carbonyl (C=O) groups is 1. The number of hydrogen-bond acceptors (Lipinski definition) is 3. The molecule has 0 fully saturated rings. The Hall–Kier alpha value is -1.97. The van der Waals surface area contributed by atoms with E-state index in [4.69, 9.17) is 14.9 Å². The monoisotopic (exact) mass is 222 g/mol. The number of carboxylic acid groups (broad SMARTS) is 1. The summed E-state index contributed by atoms with van der Waals surface area (Å²) < 4.78 is 5.36. The summed E-state index contributed by atoms with van der Waals surface area (Å²) in [6, 6.07) is 6.27. The van der Waals surface area contributed by atoms with Crippen LogP contribution in [0.2, 0.25) is 0 Å². The maximum Gasteiger partial charge on any atom is 0.331 e. The minimum Gasteiger partial charge on any atom is -0.508 e. The first kappa shape index (κ1) is 12.1. The Morgan fingerprint density at radius 3 is 2.31 bits per heavy atom. The first-order chi connectivity index (χ1) is 7.50. The fourth-order valence-corrected chi connectivity index (χ4v) is 1.02. The van der Waals surface area contributed by atoms with Gasteiger partial charge in [0.25, 0.3) is 0 Å². The van der Waals surface area contributed by atoms with E-state index in [1.807, 2.05) is 0 Å². The van der Waals surface area contributed by atoms with Gasteiger partial charge < -0.3 is 14.9 Å². The largest absolute Gasteiger partial charge is 0.508 e. The van der Waals surface area contributed by atoms with E-state index >= 15 is 0 Å². The summed E-state index contributed by atoms with van der Waals surface area (Å²) in [5.41, 5.74) is 0.958. The van der Waals surface area contributed by atoms with Crippen LogP contribution in [0, 0.1) is 0 Å². The highest BCUT2D eigenvalue weighted by Gasteiger charge is 2.05. The Morgan fingerprint density at radius 1 is 1.25 bits per heavy atom. The summed E-state index contributed by atoms with van der Waals surface area (Å²) >= 11 is 0. The predicted molar refractivity (Wildman–Crippen MR) is 59.6 cm³/mol. The molecule has 1 aromatic rings. The Balaban J connectivity index is 2.61. The normalized spacial score (nSPS) is 11.9. The maximum atomic E-state index is 10.7. The summed E-state index contributed by atoms with van der Waals surface area (Å²) in [5.74, 6) is -0.177. The Bertz CT molecular complexity index is 404. The predicted octanol–water partition coefficient (Wildman–Crippen LogP) is 2.19. The van der Waals surface area contributed by atoms with Gasteiger partial charge in [0.2, 0.25) is 0 Å². The van der Waals surface area contributed by atoms with Gasteiger partial charge in [0, 0.05) is 5.57 Å². The number of ether oxygens (including phenoxy) is 1. The Kier molecular flexibility index (Phi) is 3.94. The molecule has 86 valence electrons. The smallest absolute Gasteiger partial charge is 0.331 e. The Labute approximate surface area is 93.8 Å². The molecule has 0 aromatic heterocycles. The zero-order valence-electron chi connectivity index (χ0n) is 9.23. The lowest BCUT2D eigenvalue weighted by Gasteiger charge is -2.07. The molecule has 0 atom stereocenters. The van der Waals surface area contributed by atoms with E-state index in [0.29, 0.717) is 16.9 Å². The van der Waals surface area contributed by atoms with E-state index in [2.05, 4.69) is 0 Å². The second-order valence-corrected chi connectivity index (χ2v) is 3.49. The molecule has 1 aromatic carbocycles. The van der Waals surface area contributed by atoms with Gasteiger partial charge in [-0.05, 0) is 43.7 Å². The van der Waals surface area contributed by atoms with Crippen LogP contribution in [0.1, 0.15) is 13.8 Å². The standard InChI is InChI=1S/C12H14O4/c1-8(9(2)12(14)15)7-16-11-5-3-10(13)4-6-11/h3-6,13H,7H2,1-2H3,(H,14,15). The van der Waals surface area contributed by atoms with Crippen LogP contribution in [0.3, 0.4) is 0 Å². The highest BCUT2D eigenvalue weighted by atomic mass is 16.5. The molecular weight excluding hydrogens is 208 g/mol. The average molecular weight is 222 g/mol. The van der Waals surface area contributed by atoms with Crippen molar-refractivity contribution < 1.29 is 19.7 Å². The number of phenolic OH excluding ortho intramolecular Hbond substituents is 1. The van der Waals surface area contributed by atoms with Crippen molar-refractivity contribution in [3.05, 3.63) is 35.4 Å². The van der Waals surface area contributed by atoms with Crippen molar-refractivity contribution in [3.8, 4) is 11.5 Å². The van der Waals surface area contributed by atoms with Crippen molar-refractivity contribution in [2.45, 2.75) is 13.8 Å². The van der Waals surface area contributed by atoms with Gasteiger partial charge in [0.1, 0.15) is 18.1 Å². The Morgan fingerprint density at radius 2 is 1.81 bits per heavy atom. The number of hydrogen-bond donors (Lipinski definition) is 2. The third kappa shape index (κ3) is 3.31. The lowest BCUT2D eigenvalue weighted by Crippen LogP contribution is -2.06. The lowest BCUT2D eigenvalue weighted by atomic mass is 10.2. The van der Waals surface area contributed by atoms with Gasteiger partial charge in [-0.3, -0.25) is 0 Å². The molecule has 0 heterocycles. The number of aromatic hydroxyl groups is 1. The molecule has 2 N–H and O–H groups in total. The van der Waals surface area contributed by atoms with Crippen molar-refractivity contribution in [1.29, 1.82) is 0 Å². The van der Waals surface area contributed by atoms with Crippen molar-refractivity contribution in [2.24, 2.45) is 0 Å². The highest BCUT2D eigenvalue weighted by molar-refractivity contribution is 5.86. The number of benzene rings is 1. The van der Waals surface area contributed by atoms with Gasteiger partial charge in [-0.25, -0.2) is 4.79 Å². The van der Waals surface area contributed by atoms with Gasteiger partial charge in [-0.15, -0.1) is 0 Å². The number of phenols is 1. The second-order valence-electron chi connectivity index (χ2n) is 3.49. The van der Waals surface area contributed by atoms with Crippen molar-refractivity contribution in [1.82, 2.24) is 0 Å². The van der Waals surface area contributed by atoms with Crippen LogP contribution >= 0.6 is 0 Å². The van der Waals surface area contributed by atoms with Crippen molar-refractivity contribution in [2.75, 3.05) is 6.61 Å². The van der Waals surface area contributed by atoms with Gasteiger partial charge in [-0.2, -0.15) is 0 Å². The SMILES string of the molecule is CC(COc1ccc(O)cc1)=C(C)C(=O)O. The quantitative estimate of drug-likeness (QED) is 0.766. The van der Waals surface area contributed by atoms with E-state index in [9.17, 15) is 4.79 Å². The first-order valence-corrected chi connectivity index (χ1v) is 4.82. The number of rotatable bonds is 4. The third-order valence-corrected chi connectivity index (χ3v) is 2.25. The van der Waals surface area contributed by atoms with Crippen LogP contribution in [0.4, 0.5) is 0 Å². The molecule has 0 aliphatic carbocycles. The maximum absolute atomic E-state index is 10.7. The third-order valence-electron chi connectivity index (χ3n) is 2.25. The van der Waals surface area contributed by atoms with Crippen LogP contribution < -0.4 is 4.74 Å². The van der Waals surface area contributed by atoms with E-state index in [1.54, 1.807) is 19.1 Å². The zero-order chi connectivity index (χ0) is 12.1. The molecule has 0 unspecified atom stereocenters. The summed E-state index contributed by atoms with van der Waals surface area (Å²) in [6.07, 6.45) is 0. The van der Waals surface area contributed by atoms with E-state index in [-0.39, 0.29) is 12.4 Å². The van der Waals surface area contributed by atoms with E-state index in [1.165, 1.54) is 19.1 Å². The van der Waals surface area contributed by atoms with Crippen LogP contribution in [0.15, 0.2) is 35.4 Å². The number of aliphatic carboxylic acids is 1. The van der Waals surface area contributed by atoms with Crippen LogP contribution in [0.25, 0.3) is 0 Å². The van der Waals surface area contributed by atoms with E-state index in [0.717, 1.165) is 0 Å². The highest BCUT2D eigenvalue weighted by Crippen LogP contribution is 2.17. The van der Waals surface area contributed by atoms with Gasteiger partial charge in [0.15, 0.2) is 0 Å². The van der Waals surface area contributed by atoms with Crippen LogP contribution in [0.5, 0.6) is 11.5 Å². The molecule has 0 aliphatic rings. The minimum atomic E-state index is -0.938. The summed E-state index contributed by atoms with van der Waals surface area (Å²) in [6.45, 7) is 3.48. The van der Waals surface area contributed by atoms with Crippen LogP contribution in [-0.2, 0) is 4.79 Å². The zero-order valence-corrected chi connectivity index (χ0v) is 9.23. The average Bonchev–Trinajstić information content (AvgIpc) is 2.26. The molecule has 4 heteroatoms. The molecule has 4 nitrogen and oxygen atoms in total. The molecule has 0 saturated heterocycles. The molecule has 16 heavy (non-hydrogen) atoms. The van der Waals surface area contributed by atoms with Gasteiger partial charge in [0.05, 0.1) is 0 Å². The summed E-state index contributed by atoms with van der Waals surface area (Å²) in [4.78, 5) is 10.7. The van der Waals surface area contributed by atoms with Crippen LogP contribution in [-0.4, -0.2) is 22.8 Å². The number of carboxylic acids is 1. The minimum absolute atomic E-state index is 0.168. The summed E-state index contributed by atoms with van der Waals surface area (Å²) in [7, 11) is 0. The van der Waals surface area contributed by atoms with Gasteiger partial charge >= 0.3 is 5.97 Å². The summed E-state index contributed by atoms with van der Waals surface area (Å²) in [5, 5.41) is 17.8. The second kappa shape index (κ2) is 5.21. The fraction of sp³-hybridized carbons (Fsp3) is 0.250. The molecule has 0 saturated carbocycles. The molecule has 0 bridgehead atoms. The molecule has 0 radical (unpaired) electrons. The van der Waals surface area contributed by atoms with Gasteiger partial charge in [-0.1, -0.05) is 0 Å². The van der Waals surface area contributed by atoms with Crippen molar-refractivity contribution >= 4 is 5.97 Å². The van der Waals surface area contributed by atoms with E-state index < -0.39 is 5.97 Å². The van der Waals surface area contributed by atoms with Crippen molar-refractivity contribution in [3.63, 3.8) is 0 Å². The fourth-order valence-electron chi connectivity index (χ4n) is 1.02.